The van der Waals surface area contributed by atoms with E-state index in [0.717, 1.165) is 5.57 Å². The number of nitrogens with one attached hydrogen (secondary N) is 1. The van der Waals surface area contributed by atoms with Gasteiger partial charge in [-0.2, -0.15) is 9.97 Å². The topological polar surface area (TPSA) is 117 Å². The van der Waals surface area contributed by atoms with Crippen LogP contribution >= 0.6 is 11.6 Å². The van der Waals surface area contributed by atoms with E-state index >= 15 is 0 Å². The Hall–Kier alpha value is -3.28. The van der Waals surface area contributed by atoms with Crippen LogP contribution in [0.15, 0.2) is 48.8 Å². The molecule has 10 nitrogen and oxygen atoms in total. The third kappa shape index (κ3) is 7.01. The van der Waals surface area contributed by atoms with Crippen LogP contribution in [0.2, 0.25) is 23.3 Å². The molecule has 0 spiro atoms. The first kappa shape index (κ1) is 31.6. The molecule has 0 aliphatic heterocycles. The zero-order valence-corrected chi connectivity index (χ0v) is 27.3. The number of carbonyl (C=O) groups excluding carboxylic acids is 2. The third-order valence-corrected chi connectivity index (χ3v) is 12.6. The number of imidazole rings is 1. The van der Waals surface area contributed by atoms with Gasteiger partial charge in [0.25, 0.3) is 0 Å². The highest BCUT2D eigenvalue weighted by atomic mass is 35.5. The van der Waals surface area contributed by atoms with Gasteiger partial charge in [-0.3, -0.25) is 5.32 Å². The molecule has 1 aliphatic carbocycles. The van der Waals surface area contributed by atoms with Crippen molar-refractivity contribution in [2.45, 2.75) is 83.8 Å². The fourth-order valence-electron chi connectivity index (χ4n) is 4.51. The zero-order valence-electron chi connectivity index (χ0n) is 25.5. The molecular weight excluding hydrogens is 574 g/mol. The lowest BCUT2D eigenvalue weighted by molar-refractivity contribution is 0.0163. The molecule has 0 saturated heterocycles. The second-order valence-electron chi connectivity index (χ2n) is 13.1. The van der Waals surface area contributed by atoms with E-state index in [2.05, 4.69) is 60.7 Å². The Bertz CT molecular complexity index is 1480. The van der Waals surface area contributed by atoms with Crippen LogP contribution in [0.5, 0.6) is 0 Å². The summed E-state index contributed by atoms with van der Waals surface area (Å²) < 4.78 is 19.8. The van der Waals surface area contributed by atoms with Crippen LogP contribution in [-0.4, -0.2) is 58.2 Å². The van der Waals surface area contributed by atoms with Gasteiger partial charge in [-0.25, -0.2) is 14.6 Å². The van der Waals surface area contributed by atoms with Crippen molar-refractivity contribution in [3.8, 4) is 0 Å². The fourth-order valence-corrected chi connectivity index (χ4v) is 5.76. The average Bonchev–Trinajstić information content (AvgIpc) is 3.42. The Labute approximate surface area is 253 Å². The van der Waals surface area contributed by atoms with E-state index < -0.39 is 32.1 Å². The number of halogens is 1. The van der Waals surface area contributed by atoms with E-state index in [9.17, 15) is 9.59 Å². The molecule has 4 rings (SSSR count). The molecule has 0 bridgehead atoms. The lowest BCUT2D eigenvalue weighted by atomic mass is 10.0. The van der Waals surface area contributed by atoms with Gasteiger partial charge in [0.1, 0.15) is 17.2 Å². The van der Waals surface area contributed by atoms with E-state index in [-0.39, 0.29) is 28.1 Å². The Morgan fingerprint density at radius 3 is 2.40 bits per heavy atom. The normalized spacial score (nSPS) is 19.6. The average molecular weight is 614 g/mol. The quantitative estimate of drug-likeness (QED) is 0.129. The SMILES string of the molecule is C=C1C(CO[Si](C)(C)C(C)(C)C)C(OC(=O)c2ccccc2)CC1n1cnc2c(Cl)nc(NC(=O)OC(C)(C)C)nc21. The summed E-state index contributed by atoms with van der Waals surface area (Å²) in [5.41, 5.74) is 1.38. The summed E-state index contributed by atoms with van der Waals surface area (Å²) in [4.78, 5) is 38.7. The number of benzene rings is 1. The molecule has 3 atom stereocenters. The number of amides is 1. The van der Waals surface area contributed by atoms with Crippen molar-refractivity contribution < 1.29 is 23.5 Å². The van der Waals surface area contributed by atoms with E-state index in [1.54, 1.807) is 51.4 Å². The summed E-state index contributed by atoms with van der Waals surface area (Å²) in [7, 11) is -2.11. The van der Waals surface area contributed by atoms with E-state index in [1.165, 1.54) is 0 Å². The molecule has 12 heteroatoms. The molecule has 1 aliphatic rings. The van der Waals surface area contributed by atoms with Crippen molar-refractivity contribution in [1.82, 2.24) is 19.5 Å². The monoisotopic (exact) mass is 613 g/mol. The van der Waals surface area contributed by atoms with Crippen molar-refractivity contribution in [1.29, 1.82) is 0 Å². The summed E-state index contributed by atoms with van der Waals surface area (Å²) >= 11 is 6.45. The van der Waals surface area contributed by atoms with Gasteiger partial charge in [0.2, 0.25) is 5.95 Å². The fraction of sp³-hybridized carbons (Fsp3) is 0.500. The van der Waals surface area contributed by atoms with Crippen LogP contribution in [0.4, 0.5) is 10.7 Å². The minimum Gasteiger partial charge on any atom is -0.458 e. The van der Waals surface area contributed by atoms with Gasteiger partial charge >= 0.3 is 12.1 Å². The zero-order chi connectivity index (χ0) is 31.0. The molecule has 0 radical (unpaired) electrons. The highest BCUT2D eigenvalue weighted by Crippen LogP contribution is 2.44. The van der Waals surface area contributed by atoms with E-state index in [0.29, 0.717) is 29.8 Å². The number of hydrogen-bond donors (Lipinski definition) is 1. The number of ether oxygens (including phenoxy) is 2. The summed E-state index contributed by atoms with van der Waals surface area (Å²) in [6.45, 7) is 21.0. The van der Waals surface area contributed by atoms with Crippen LogP contribution in [0.1, 0.15) is 64.4 Å². The van der Waals surface area contributed by atoms with Crippen LogP contribution in [0, 0.1) is 5.92 Å². The van der Waals surface area contributed by atoms with Crippen molar-refractivity contribution in [3.05, 3.63) is 59.5 Å². The molecule has 3 aromatic rings. The summed E-state index contributed by atoms with van der Waals surface area (Å²) in [6.07, 6.45) is 0.857. The van der Waals surface area contributed by atoms with Crippen LogP contribution in [-0.2, 0) is 13.9 Å². The van der Waals surface area contributed by atoms with Crippen molar-refractivity contribution in [2.75, 3.05) is 11.9 Å². The Kier molecular flexibility index (Phi) is 8.87. The van der Waals surface area contributed by atoms with Crippen molar-refractivity contribution in [2.24, 2.45) is 5.92 Å². The number of aromatic nitrogens is 4. The predicted octanol–water partition coefficient (Wildman–Crippen LogP) is 7.19. The van der Waals surface area contributed by atoms with E-state index in [1.807, 2.05) is 10.6 Å². The summed E-state index contributed by atoms with van der Waals surface area (Å²) in [5.74, 6) is -0.682. The smallest absolute Gasteiger partial charge is 0.414 e. The Morgan fingerprint density at radius 2 is 1.79 bits per heavy atom. The first-order valence-electron chi connectivity index (χ1n) is 14.0. The number of anilines is 1. The third-order valence-electron chi connectivity index (χ3n) is 7.83. The molecule has 42 heavy (non-hydrogen) atoms. The molecule has 1 amide bonds. The number of esters is 1. The molecular formula is C30H40ClN5O5Si. The molecule has 1 saturated carbocycles. The number of carbonyl (C=O) groups is 2. The number of hydrogen-bond acceptors (Lipinski definition) is 8. The van der Waals surface area contributed by atoms with Crippen LogP contribution in [0.3, 0.4) is 0 Å². The second kappa shape index (κ2) is 11.8. The maximum atomic E-state index is 13.1. The molecule has 2 heterocycles. The van der Waals surface area contributed by atoms with Gasteiger partial charge in [0, 0.05) is 18.9 Å². The highest BCUT2D eigenvalue weighted by molar-refractivity contribution is 6.74. The Balaban J connectivity index is 1.65. The molecule has 1 N–H and O–H groups in total. The molecule has 226 valence electrons. The molecule has 1 aromatic carbocycles. The molecule has 2 aromatic heterocycles. The van der Waals surface area contributed by atoms with Gasteiger partial charge in [-0.1, -0.05) is 57.2 Å². The van der Waals surface area contributed by atoms with Gasteiger partial charge in [-0.15, -0.1) is 0 Å². The maximum absolute atomic E-state index is 13.1. The van der Waals surface area contributed by atoms with Crippen LogP contribution in [0.25, 0.3) is 11.2 Å². The van der Waals surface area contributed by atoms with Crippen molar-refractivity contribution in [3.63, 3.8) is 0 Å². The highest BCUT2D eigenvalue weighted by Gasteiger charge is 2.44. The van der Waals surface area contributed by atoms with E-state index in [4.69, 9.17) is 25.5 Å². The molecule has 1 fully saturated rings. The first-order chi connectivity index (χ1) is 19.5. The van der Waals surface area contributed by atoms with Gasteiger partial charge in [-0.05, 0) is 56.6 Å². The van der Waals surface area contributed by atoms with Gasteiger partial charge < -0.3 is 18.5 Å². The maximum Gasteiger partial charge on any atom is 0.414 e. The lowest BCUT2D eigenvalue weighted by Gasteiger charge is -2.37. The summed E-state index contributed by atoms with van der Waals surface area (Å²) in [6, 6.07) is 8.59. The predicted molar refractivity (Wildman–Crippen MR) is 165 cm³/mol. The minimum absolute atomic E-state index is 0.00824. The van der Waals surface area contributed by atoms with Gasteiger partial charge in [0.05, 0.1) is 17.9 Å². The standard InChI is InChI=1S/C30H40ClN5O5Si/c1-18-20(16-39-42(8,9)30(5,6)7)22(40-26(37)19-13-11-10-12-14-19)15-21(18)36-17-32-23-24(31)33-27(34-25(23)36)35-28(38)41-29(2,3)4/h10-14,17,20-22H,1,15-16H2,2-9H3,(H,33,34,35,38). The Morgan fingerprint density at radius 1 is 1.12 bits per heavy atom. The lowest BCUT2D eigenvalue weighted by Crippen LogP contribution is -2.43. The largest absolute Gasteiger partial charge is 0.458 e. The second-order valence-corrected chi connectivity index (χ2v) is 18.3. The van der Waals surface area contributed by atoms with Crippen molar-refractivity contribution >= 4 is 49.1 Å². The number of rotatable bonds is 7. The van der Waals surface area contributed by atoms with Crippen LogP contribution < -0.4 is 5.32 Å². The number of fused-ring (bicyclic) bond motifs is 1. The molecule has 3 unspecified atom stereocenters. The first-order valence-corrected chi connectivity index (χ1v) is 17.2. The van der Waals surface area contributed by atoms with Gasteiger partial charge in [0.15, 0.2) is 19.1 Å². The minimum atomic E-state index is -2.11. The number of nitrogens with zero attached hydrogens (tertiary/aromatic N) is 4. The summed E-state index contributed by atoms with van der Waals surface area (Å²) in [5, 5.41) is 2.64.